The third-order valence-corrected chi connectivity index (χ3v) is 3.14. The van der Waals surface area contributed by atoms with Gasteiger partial charge in [0.1, 0.15) is 0 Å². The topological polar surface area (TPSA) is 67.9 Å². The molecule has 0 aliphatic carbocycles. The molecule has 1 aromatic heterocycles. The Morgan fingerprint density at radius 2 is 2.19 bits per heavy atom. The maximum atomic E-state index is 5.79. The van der Waals surface area contributed by atoms with Gasteiger partial charge in [0.05, 0.1) is 0 Å². The van der Waals surface area contributed by atoms with E-state index in [1.165, 1.54) is 19.3 Å². The van der Waals surface area contributed by atoms with Gasteiger partial charge < -0.3 is 10.6 Å². The van der Waals surface area contributed by atoms with Crippen molar-refractivity contribution in [2.45, 2.75) is 38.6 Å². The highest BCUT2D eigenvalue weighted by Gasteiger charge is 2.23. The van der Waals surface area contributed by atoms with Crippen LogP contribution < -0.4 is 10.6 Å². The third-order valence-electron chi connectivity index (χ3n) is 2.97. The molecule has 0 spiro atoms. The van der Waals surface area contributed by atoms with Crippen molar-refractivity contribution in [1.29, 1.82) is 0 Å². The van der Waals surface area contributed by atoms with Crippen molar-refractivity contribution >= 4 is 23.5 Å². The van der Waals surface area contributed by atoms with Gasteiger partial charge >= 0.3 is 0 Å². The molecule has 0 bridgehead atoms. The molecule has 2 N–H and O–H groups in total. The molecule has 2 rings (SSSR count). The lowest BCUT2D eigenvalue weighted by Gasteiger charge is -2.35. The first-order valence-electron chi connectivity index (χ1n) is 5.64. The normalized spacial score (nSPS) is 21.1. The van der Waals surface area contributed by atoms with Crippen LogP contribution in [0.5, 0.6) is 0 Å². The molecule has 0 radical (unpaired) electrons. The molecule has 1 fully saturated rings. The van der Waals surface area contributed by atoms with Crippen molar-refractivity contribution in [3.05, 3.63) is 5.28 Å². The lowest BCUT2D eigenvalue weighted by Crippen LogP contribution is -2.40. The minimum Gasteiger partial charge on any atom is -0.368 e. The number of anilines is 2. The predicted molar refractivity (Wildman–Crippen MR) is 64.5 cm³/mol. The number of rotatable bonds is 2. The lowest BCUT2D eigenvalue weighted by atomic mass is 10.0. The first-order chi connectivity index (χ1) is 7.70. The van der Waals surface area contributed by atoms with Gasteiger partial charge in [-0.3, -0.25) is 0 Å². The summed E-state index contributed by atoms with van der Waals surface area (Å²) in [6, 6.07) is 0.492. The molecule has 0 saturated carbocycles. The molecule has 1 saturated heterocycles. The molecule has 1 aliphatic rings. The Balaban J connectivity index is 2.26. The maximum Gasteiger partial charge on any atom is 0.231 e. The van der Waals surface area contributed by atoms with Gasteiger partial charge in [-0.1, -0.05) is 6.92 Å². The smallest absolute Gasteiger partial charge is 0.231 e. The highest BCUT2D eigenvalue weighted by Crippen LogP contribution is 2.24. The Morgan fingerprint density at radius 3 is 2.88 bits per heavy atom. The summed E-state index contributed by atoms with van der Waals surface area (Å²) in [5, 5.41) is 0.169. The fraction of sp³-hybridized carbons (Fsp3) is 0.700. The Morgan fingerprint density at radius 1 is 1.38 bits per heavy atom. The second-order valence-corrected chi connectivity index (χ2v) is 4.35. The molecule has 1 aromatic rings. The van der Waals surface area contributed by atoms with Gasteiger partial charge in [0.2, 0.25) is 17.2 Å². The van der Waals surface area contributed by atoms with E-state index in [2.05, 4.69) is 26.8 Å². The van der Waals surface area contributed by atoms with Crippen molar-refractivity contribution in [2.24, 2.45) is 0 Å². The molecule has 16 heavy (non-hydrogen) atoms. The molecule has 0 amide bonds. The van der Waals surface area contributed by atoms with Crippen LogP contribution in [0.25, 0.3) is 0 Å². The van der Waals surface area contributed by atoms with Crippen LogP contribution in [0, 0.1) is 0 Å². The van der Waals surface area contributed by atoms with Crippen LogP contribution in [-0.2, 0) is 0 Å². The van der Waals surface area contributed by atoms with Gasteiger partial charge in [-0.25, -0.2) is 0 Å². The lowest BCUT2D eigenvalue weighted by molar-refractivity contribution is 0.443. The summed E-state index contributed by atoms with van der Waals surface area (Å²) in [7, 11) is 0. The van der Waals surface area contributed by atoms with E-state index < -0.39 is 0 Å². The highest BCUT2D eigenvalue weighted by atomic mass is 35.5. The second kappa shape index (κ2) is 4.82. The molecule has 1 atom stereocenters. The van der Waals surface area contributed by atoms with Crippen molar-refractivity contribution in [2.75, 3.05) is 17.2 Å². The average Bonchev–Trinajstić information content (AvgIpc) is 2.27. The number of nitrogen functional groups attached to an aromatic ring is 1. The molecule has 6 heteroatoms. The standard InChI is InChI=1S/C10H16ClN5/c1-2-7-5-3-4-6-16(7)10-14-8(11)13-9(12)15-10/h7H,2-6H2,1H3,(H2,12,13,14,15). The van der Waals surface area contributed by atoms with Gasteiger partial charge in [0.25, 0.3) is 0 Å². The van der Waals surface area contributed by atoms with Crippen LogP contribution in [-0.4, -0.2) is 27.5 Å². The summed E-state index contributed by atoms with van der Waals surface area (Å²) < 4.78 is 0. The Labute approximate surface area is 100 Å². The Kier molecular flexibility index (Phi) is 3.43. The summed E-state index contributed by atoms with van der Waals surface area (Å²) >= 11 is 5.79. The van der Waals surface area contributed by atoms with Crippen molar-refractivity contribution in [3.8, 4) is 0 Å². The summed E-state index contributed by atoms with van der Waals surface area (Å²) in [5.41, 5.74) is 5.58. The Hall–Kier alpha value is -1.10. The maximum absolute atomic E-state index is 5.79. The molecule has 1 unspecified atom stereocenters. The number of piperidine rings is 1. The second-order valence-electron chi connectivity index (χ2n) is 4.01. The summed E-state index contributed by atoms with van der Waals surface area (Å²) in [5.74, 6) is 0.805. The van der Waals surface area contributed by atoms with E-state index >= 15 is 0 Å². The van der Waals surface area contributed by atoms with Gasteiger partial charge in [-0.15, -0.1) is 0 Å². The summed E-state index contributed by atoms with van der Waals surface area (Å²) in [6.45, 7) is 3.15. The number of halogens is 1. The summed E-state index contributed by atoms with van der Waals surface area (Å²) in [6.07, 6.45) is 4.70. The minimum atomic E-state index is 0.169. The average molecular weight is 242 g/mol. The largest absolute Gasteiger partial charge is 0.368 e. The summed E-state index contributed by atoms with van der Waals surface area (Å²) in [4.78, 5) is 14.3. The van der Waals surface area contributed by atoms with E-state index in [0.29, 0.717) is 12.0 Å². The van der Waals surface area contributed by atoms with Gasteiger partial charge in [0, 0.05) is 12.6 Å². The number of hydrogen-bond acceptors (Lipinski definition) is 5. The van der Waals surface area contributed by atoms with Crippen LogP contribution in [0.15, 0.2) is 0 Å². The van der Waals surface area contributed by atoms with Gasteiger partial charge in [0.15, 0.2) is 0 Å². The van der Waals surface area contributed by atoms with Crippen molar-refractivity contribution in [3.63, 3.8) is 0 Å². The van der Waals surface area contributed by atoms with Crippen LogP contribution >= 0.6 is 11.6 Å². The molecular formula is C10H16ClN5. The molecule has 5 nitrogen and oxygen atoms in total. The quantitative estimate of drug-likeness (QED) is 0.856. The van der Waals surface area contributed by atoms with Crippen molar-refractivity contribution < 1.29 is 0 Å². The van der Waals surface area contributed by atoms with Crippen LogP contribution in [0.1, 0.15) is 32.6 Å². The molecule has 2 heterocycles. The van der Waals surface area contributed by atoms with E-state index in [0.717, 1.165) is 13.0 Å². The van der Waals surface area contributed by atoms with Crippen LogP contribution in [0.4, 0.5) is 11.9 Å². The fourth-order valence-corrected chi connectivity index (χ4v) is 2.33. The number of aromatic nitrogens is 3. The van der Waals surface area contributed by atoms with E-state index in [-0.39, 0.29) is 11.2 Å². The first kappa shape index (κ1) is 11.4. The van der Waals surface area contributed by atoms with Crippen LogP contribution in [0.3, 0.4) is 0 Å². The molecule has 0 aromatic carbocycles. The number of nitrogens with two attached hydrogens (primary N) is 1. The van der Waals surface area contributed by atoms with Crippen molar-refractivity contribution in [1.82, 2.24) is 15.0 Å². The monoisotopic (exact) mass is 241 g/mol. The number of nitrogens with zero attached hydrogens (tertiary/aromatic N) is 4. The van der Waals surface area contributed by atoms with Gasteiger partial charge in [-0.2, -0.15) is 15.0 Å². The van der Waals surface area contributed by atoms with E-state index in [1.54, 1.807) is 0 Å². The minimum absolute atomic E-state index is 0.169. The van der Waals surface area contributed by atoms with Gasteiger partial charge in [-0.05, 0) is 37.3 Å². The molecule has 88 valence electrons. The SMILES string of the molecule is CCC1CCCCN1c1nc(N)nc(Cl)n1. The first-order valence-corrected chi connectivity index (χ1v) is 6.02. The van der Waals surface area contributed by atoms with Crippen LogP contribution in [0.2, 0.25) is 5.28 Å². The zero-order chi connectivity index (χ0) is 11.5. The number of hydrogen-bond donors (Lipinski definition) is 1. The van der Waals surface area contributed by atoms with E-state index in [1.807, 2.05) is 0 Å². The zero-order valence-electron chi connectivity index (χ0n) is 9.36. The third kappa shape index (κ3) is 2.35. The Bertz CT molecular complexity index is 350. The zero-order valence-corrected chi connectivity index (χ0v) is 10.1. The molecule has 1 aliphatic heterocycles. The van der Waals surface area contributed by atoms with E-state index in [4.69, 9.17) is 17.3 Å². The fourth-order valence-electron chi connectivity index (χ4n) is 2.17. The highest BCUT2D eigenvalue weighted by molar-refractivity contribution is 6.28. The van der Waals surface area contributed by atoms with E-state index in [9.17, 15) is 0 Å². The predicted octanol–water partition coefficient (Wildman–Crippen LogP) is 1.88. The molecular weight excluding hydrogens is 226 g/mol.